The van der Waals surface area contributed by atoms with E-state index < -0.39 is 0 Å². The molecule has 2 aromatic heterocycles. The van der Waals surface area contributed by atoms with Crippen LogP contribution < -0.4 is 14.4 Å². The van der Waals surface area contributed by atoms with Crippen LogP contribution in [0.3, 0.4) is 0 Å². The lowest BCUT2D eigenvalue weighted by Gasteiger charge is -2.36. The van der Waals surface area contributed by atoms with Crippen molar-refractivity contribution in [3.63, 3.8) is 0 Å². The van der Waals surface area contributed by atoms with Crippen LogP contribution in [0.1, 0.15) is 5.69 Å². The molecule has 1 aliphatic rings. The molecule has 0 bridgehead atoms. The molecule has 1 saturated heterocycles. The Morgan fingerprint density at radius 3 is 2.69 bits per heavy atom. The Morgan fingerprint density at radius 1 is 1.17 bits per heavy atom. The van der Waals surface area contributed by atoms with Crippen LogP contribution >= 0.6 is 11.6 Å². The molecule has 0 saturated carbocycles. The molecule has 3 aromatic rings. The van der Waals surface area contributed by atoms with Crippen LogP contribution in [-0.2, 0) is 11.2 Å². The molecule has 9 nitrogen and oxygen atoms in total. The topological polar surface area (TPSA) is 96.5 Å². The molecular formula is C19H21ClN6O3. The van der Waals surface area contributed by atoms with Gasteiger partial charge in [-0.1, -0.05) is 11.6 Å². The molecule has 29 heavy (non-hydrogen) atoms. The van der Waals surface area contributed by atoms with Crippen molar-refractivity contribution in [2.45, 2.75) is 6.42 Å². The van der Waals surface area contributed by atoms with Crippen molar-refractivity contribution >= 4 is 34.2 Å². The van der Waals surface area contributed by atoms with Crippen LogP contribution in [0, 0.1) is 0 Å². The number of hydrogen-bond donors (Lipinski definition) is 1. The van der Waals surface area contributed by atoms with Gasteiger partial charge >= 0.3 is 0 Å². The van der Waals surface area contributed by atoms with E-state index in [1.54, 1.807) is 7.11 Å². The summed E-state index contributed by atoms with van der Waals surface area (Å²) in [5.74, 6) is 1.08. The van der Waals surface area contributed by atoms with Gasteiger partial charge < -0.3 is 19.3 Å². The van der Waals surface area contributed by atoms with Crippen molar-refractivity contribution in [1.82, 2.24) is 25.1 Å². The zero-order valence-corrected chi connectivity index (χ0v) is 16.9. The number of hydrogen-bond acceptors (Lipinski definition) is 7. The molecular weight excluding hydrogens is 396 g/mol. The lowest BCUT2D eigenvalue weighted by atomic mass is 10.2. The van der Waals surface area contributed by atoms with E-state index in [2.05, 4.69) is 25.1 Å². The van der Waals surface area contributed by atoms with Gasteiger partial charge in [0.15, 0.2) is 5.65 Å². The number of aromatic amines is 1. The molecule has 0 radical (unpaired) electrons. The summed E-state index contributed by atoms with van der Waals surface area (Å²) in [4.78, 5) is 25.1. The Labute approximate surface area is 172 Å². The summed E-state index contributed by atoms with van der Waals surface area (Å²) < 4.78 is 10.6. The molecule has 0 unspecified atom stereocenters. The highest BCUT2D eigenvalue weighted by Crippen LogP contribution is 2.30. The first-order chi connectivity index (χ1) is 14.1. The first kappa shape index (κ1) is 19.3. The summed E-state index contributed by atoms with van der Waals surface area (Å²) in [7, 11) is 3.13. The minimum Gasteiger partial charge on any atom is -0.495 e. The maximum atomic E-state index is 12.8. The Balaban J connectivity index is 1.42. The third kappa shape index (κ3) is 3.77. The molecule has 1 aliphatic heterocycles. The number of aromatic nitrogens is 4. The zero-order chi connectivity index (χ0) is 20.4. The van der Waals surface area contributed by atoms with E-state index in [-0.39, 0.29) is 12.3 Å². The molecule has 1 N–H and O–H groups in total. The first-order valence-corrected chi connectivity index (χ1v) is 9.56. The molecule has 0 atom stereocenters. The predicted octanol–water partition coefficient (Wildman–Crippen LogP) is 1.91. The number of carbonyl (C=O) groups excluding carboxylic acids is 1. The van der Waals surface area contributed by atoms with E-state index in [9.17, 15) is 4.79 Å². The van der Waals surface area contributed by atoms with Gasteiger partial charge in [0.25, 0.3) is 0 Å². The van der Waals surface area contributed by atoms with Crippen LogP contribution in [0.2, 0.25) is 5.02 Å². The fourth-order valence-corrected chi connectivity index (χ4v) is 3.69. The number of carbonyl (C=O) groups is 1. The van der Waals surface area contributed by atoms with Gasteiger partial charge in [-0.05, 0) is 12.1 Å². The van der Waals surface area contributed by atoms with Crippen LogP contribution in [0.4, 0.5) is 5.69 Å². The third-order valence-corrected chi connectivity index (χ3v) is 5.36. The number of rotatable bonds is 5. The number of ether oxygens (including phenoxy) is 2. The highest BCUT2D eigenvalue weighted by molar-refractivity contribution is 6.32. The number of H-pyrrole nitrogens is 1. The molecule has 0 spiro atoms. The smallest absolute Gasteiger partial charge is 0.228 e. The average molecular weight is 417 g/mol. The molecule has 4 rings (SSSR count). The minimum atomic E-state index is 0.0230. The molecule has 0 aliphatic carbocycles. The number of halogens is 1. The Hall–Kier alpha value is -3.07. The number of piperazine rings is 1. The zero-order valence-electron chi connectivity index (χ0n) is 16.2. The molecule has 10 heteroatoms. The number of fused-ring (bicyclic) bond motifs is 1. The number of anilines is 1. The third-order valence-electron chi connectivity index (χ3n) is 5.04. The van der Waals surface area contributed by atoms with Crippen molar-refractivity contribution in [2.24, 2.45) is 0 Å². The Bertz CT molecular complexity index is 1030. The van der Waals surface area contributed by atoms with Gasteiger partial charge in [0.2, 0.25) is 11.8 Å². The van der Waals surface area contributed by atoms with E-state index in [1.807, 2.05) is 23.1 Å². The summed E-state index contributed by atoms with van der Waals surface area (Å²) >= 11 is 6.11. The van der Waals surface area contributed by atoms with Crippen LogP contribution in [0.15, 0.2) is 24.5 Å². The molecule has 3 heterocycles. The van der Waals surface area contributed by atoms with Gasteiger partial charge in [0.05, 0.1) is 31.4 Å². The maximum Gasteiger partial charge on any atom is 0.228 e. The van der Waals surface area contributed by atoms with Crippen molar-refractivity contribution in [2.75, 3.05) is 45.3 Å². The lowest BCUT2D eigenvalue weighted by Crippen LogP contribution is -2.49. The number of benzene rings is 1. The standard InChI is InChI=1S/C19H21ClN6O3/c1-28-15-9-12(3-4-13(15)20)25-5-7-26(8-6-25)16(27)10-14-17-18(24-23-14)21-11-22-19(17)29-2/h3-4,9,11H,5-8,10H2,1-2H3,(H,21,22,23,24). The van der Waals surface area contributed by atoms with Gasteiger partial charge in [-0.15, -0.1) is 0 Å². The second-order valence-electron chi connectivity index (χ2n) is 6.65. The number of methoxy groups -OCH3 is 2. The number of nitrogens with zero attached hydrogens (tertiary/aromatic N) is 5. The van der Waals surface area contributed by atoms with E-state index in [0.717, 1.165) is 18.8 Å². The minimum absolute atomic E-state index is 0.0230. The quantitative estimate of drug-likeness (QED) is 0.678. The van der Waals surface area contributed by atoms with Crippen molar-refractivity contribution in [1.29, 1.82) is 0 Å². The van der Waals surface area contributed by atoms with E-state index in [1.165, 1.54) is 13.4 Å². The van der Waals surface area contributed by atoms with Crippen molar-refractivity contribution in [3.8, 4) is 11.6 Å². The second kappa shape index (κ2) is 8.12. The summed E-state index contributed by atoms with van der Waals surface area (Å²) in [5, 5.41) is 8.27. The summed E-state index contributed by atoms with van der Waals surface area (Å²) in [6.45, 7) is 2.71. The second-order valence-corrected chi connectivity index (χ2v) is 7.05. The van der Waals surface area contributed by atoms with E-state index in [4.69, 9.17) is 21.1 Å². The fourth-order valence-electron chi connectivity index (χ4n) is 3.49. The van der Waals surface area contributed by atoms with Gasteiger partial charge in [-0.25, -0.2) is 9.97 Å². The number of amides is 1. The van der Waals surface area contributed by atoms with Crippen LogP contribution in [0.5, 0.6) is 11.6 Å². The Morgan fingerprint density at radius 2 is 1.97 bits per heavy atom. The largest absolute Gasteiger partial charge is 0.495 e. The van der Waals surface area contributed by atoms with Gasteiger partial charge in [-0.2, -0.15) is 5.10 Å². The number of nitrogens with one attached hydrogen (secondary N) is 1. The van der Waals surface area contributed by atoms with E-state index >= 15 is 0 Å². The summed E-state index contributed by atoms with van der Waals surface area (Å²) in [5.41, 5.74) is 2.17. The summed E-state index contributed by atoms with van der Waals surface area (Å²) in [6, 6.07) is 5.71. The molecule has 152 valence electrons. The molecule has 1 aromatic carbocycles. The monoisotopic (exact) mass is 416 g/mol. The van der Waals surface area contributed by atoms with Gasteiger partial charge in [0, 0.05) is 37.9 Å². The highest BCUT2D eigenvalue weighted by atomic mass is 35.5. The van der Waals surface area contributed by atoms with Crippen LogP contribution in [0.25, 0.3) is 11.0 Å². The fraction of sp³-hybridized carbons (Fsp3) is 0.368. The average Bonchev–Trinajstić information content (AvgIpc) is 3.17. The predicted molar refractivity (Wildman–Crippen MR) is 109 cm³/mol. The lowest BCUT2D eigenvalue weighted by molar-refractivity contribution is -0.130. The van der Waals surface area contributed by atoms with Gasteiger partial charge in [0.1, 0.15) is 17.5 Å². The van der Waals surface area contributed by atoms with Crippen LogP contribution in [-0.4, -0.2) is 71.4 Å². The molecule has 1 fully saturated rings. The maximum absolute atomic E-state index is 12.8. The highest BCUT2D eigenvalue weighted by Gasteiger charge is 2.24. The normalized spacial score (nSPS) is 14.3. The summed E-state index contributed by atoms with van der Waals surface area (Å²) in [6.07, 6.45) is 1.58. The van der Waals surface area contributed by atoms with E-state index in [0.29, 0.717) is 46.5 Å². The van der Waals surface area contributed by atoms with Crippen molar-refractivity contribution in [3.05, 3.63) is 35.2 Å². The SMILES string of the molecule is COc1cc(N2CCN(C(=O)Cc3[nH]nc4ncnc(OC)c34)CC2)ccc1Cl. The van der Waals surface area contributed by atoms with Gasteiger partial charge in [-0.3, -0.25) is 9.89 Å². The molecule has 1 amide bonds. The first-order valence-electron chi connectivity index (χ1n) is 9.19. The Kier molecular flexibility index (Phi) is 5.39. The van der Waals surface area contributed by atoms with Crippen molar-refractivity contribution < 1.29 is 14.3 Å².